The molecule has 0 aliphatic carbocycles. The molecule has 0 bridgehead atoms. The van der Waals surface area contributed by atoms with Gasteiger partial charge in [0.25, 0.3) is 0 Å². The van der Waals surface area contributed by atoms with Crippen molar-refractivity contribution in [2.24, 2.45) is 4.99 Å². The monoisotopic (exact) mass is 309 g/mol. The number of esters is 1. The van der Waals surface area contributed by atoms with Crippen molar-refractivity contribution in [2.45, 2.75) is 19.8 Å². The summed E-state index contributed by atoms with van der Waals surface area (Å²) in [6.07, 6.45) is 2.53. The predicted octanol–water partition coefficient (Wildman–Crippen LogP) is 4.06. The van der Waals surface area contributed by atoms with E-state index in [-0.39, 0.29) is 11.5 Å². The zero-order valence-corrected chi connectivity index (χ0v) is 12.8. The molecule has 0 atom stereocenters. The molecular formula is C19H16FNO2. The highest BCUT2D eigenvalue weighted by Crippen LogP contribution is 2.19. The fraction of sp³-hybridized carbons (Fsp3) is 0.158. The first-order valence-electron chi connectivity index (χ1n) is 7.43. The second kappa shape index (κ2) is 6.57. The van der Waals surface area contributed by atoms with Crippen LogP contribution in [0.25, 0.3) is 6.08 Å². The van der Waals surface area contributed by atoms with Crippen LogP contribution in [0.3, 0.4) is 0 Å². The van der Waals surface area contributed by atoms with Crippen LogP contribution in [0.1, 0.15) is 23.1 Å². The van der Waals surface area contributed by atoms with Crippen LogP contribution in [-0.2, 0) is 16.0 Å². The normalized spacial score (nSPS) is 15.7. The van der Waals surface area contributed by atoms with Gasteiger partial charge in [-0.1, -0.05) is 48.0 Å². The first kappa shape index (κ1) is 15.2. The first-order valence-corrected chi connectivity index (χ1v) is 7.43. The molecule has 0 spiro atoms. The van der Waals surface area contributed by atoms with Crippen LogP contribution >= 0.6 is 0 Å². The molecule has 4 heteroatoms. The lowest BCUT2D eigenvalue weighted by Gasteiger charge is -2.01. The Hall–Kier alpha value is -2.75. The summed E-state index contributed by atoms with van der Waals surface area (Å²) in [4.78, 5) is 16.1. The number of cyclic esters (lactones) is 1. The SMILES string of the molecule is Cc1cccc(/C=C2/N=C(CCc3ccccc3F)OC2=O)c1. The number of halogens is 1. The fourth-order valence-corrected chi connectivity index (χ4v) is 2.42. The van der Waals surface area contributed by atoms with Crippen LogP contribution < -0.4 is 0 Å². The number of aliphatic imine (C=N–C) groups is 1. The third-order valence-electron chi connectivity index (χ3n) is 3.58. The van der Waals surface area contributed by atoms with E-state index >= 15 is 0 Å². The molecule has 0 aromatic heterocycles. The summed E-state index contributed by atoms with van der Waals surface area (Å²) < 4.78 is 18.7. The number of benzene rings is 2. The number of ether oxygens (including phenoxy) is 1. The Bertz CT molecular complexity index is 809. The molecule has 2 aromatic carbocycles. The van der Waals surface area contributed by atoms with E-state index in [0.29, 0.717) is 24.3 Å². The highest BCUT2D eigenvalue weighted by molar-refractivity contribution is 6.07. The van der Waals surface area contributed by atoms with Gasteiger partial charge in [-0.2, -0.15) is 0 Å². The third kappa shape index (κ3) is 3.72. The largest absolute Gasteiger partial charge is 0.407 e. The molecule has 1 aliphatic rings. The van der Waals surface area contributed by atoms with Gasteiger partial charge in [-0.3, -0.25) is 0 Å². The van der Waals surface area contributed by atoms with E-state index in [0.717, 1.165) is 11.1 Å². The Morgan fingerprint density at radius 3 is 2.74 bits per heavy atom. The summed E-state index contributed by atoms with van der Waals surface area (Å²) in [6.45, 7) is 1.98. The highest BCUT2D eigenvalue weighted by Gasteiger charge is 2.22. The average molecular weight is 309 g/mol. The molecule has 0 saturated carbocycles. The van der Waals surface area contributed by atoms with E-state index < -0.39 is 5.97 Å². The smallest absolute Gasteiger partial charge is 0.363 e. The molecule has 3 nitrogen and oxygen atoms in total. The lowest BCUT2D eigenvalue weighted by Crippen LogP contribution is -2.05. The van der Waals surface area contributed by atoms with Gasteiger partial charge >= 0.3 is 5.97 Å². The second-order valence-electron chi connectivity index (χ2n) is 5.43. The molecule has 0 radical (unpaired) electrons. The lowest BCUT2D eigenvalue weighted by molar-refractivity contribution is -0.130. The minimum absolute atomic E-state index is 0.257. The summed E-state index contributed by atoms with van der Waals surface area (Å²) in [5.74, 6) is -0.389. The second-order valence-corrected chi connectivity index (χ2v) is 5.43. The van der Waals surface area contributed by atoms with Crippen LogP contribution in [-0.4, -0.2) is 11.9 Å². The van der Waals surface area contributed by atoms with E-state index in [1.807, 2.05) is 31.2 Å². The Morgan fingerprint density at radius 1 is 1.13 bits per heavy atom. The first-order chi connectivity index (χ1) is 11.1. The molecule has 116 valence electrons. The lowest BCUT2D eigenvalue weighted by atomic mass is 10.1. The number of hydrogen-bond acceptors (Lipinski definition) is 3. The standard InChI is InChI=1S/C19H16FNO2/c1-13-5-4-6-14(11-13)12-17-19(22)23-18(21-17)10-9-15-7-2-3-8-16(15)20/h2-8,11-12H,9-10H2,1H3/b17-12+. The number of hydrogen-bond donors (Lipinski definition) is 0. The zero-order valence-electron chi connectivity index (χ0n) is 12.8. The Morgan fingerprint density at radius 2 is 1.96 bits per heavy atom. The van der Waals surface area contributed by atoms with Crippen molar-refractivity contribution < 1.29 is 13.9 Å². The summed E-state index contributed by atoms with van der Waals surface area (Å²) in [6, 6.07) is 14.3. The topological polar surface area (TPSA) is 38.7 Å². The number of carbonyl (C=O) groups excluding carboxylic acids is 1. The van der Waals surface area contributed by atoms with Gasteiger partial charge in [-0.25, -0.2) is 14.2 Å². The Balaban J connectivity index is 1.73. The quantitative estimate of drug-likeness (QED) is 0.631. The Kier molecular flexibility index (Phi) is 4.33. The summed E-state index contributed by atoms with van der Waals surface area (Å²) in [5.41, 5.74) is 2.87. The molecule has 0 N–H and O–H groups in total. The zero-order chi connectivity index (χ0) is 16.2. The molecule has 3 rings (SSSR count). The molecule has 0 amide bonds. The van der Waals surface area contributed by atoms with Gasteiger partial charge in [0, 0.05) is 6.42 Å². The van der Waals surface area contributed by atoms with E-state index in [4.69, 9.17) is 4.74 Å². The molecule has 0 fully saturated rings. The van der Waals surface area contributed by atoms with Crippen molar-refractivity contribution in [3.05, 3.63) is 76.7 Å². The maximum absolute atomic E-state index is 13.6. The van der Waals surface area contributed by atoms with Crippen molar-refractivity contribution in [2.75, 3.05) is 0 Å². The number of aryl methyl sites for hydroxylation is 2. The van der Waals surface area contributed by atoms with Gasteiger partial charge < -0.3 is 4.74 Å². The summed E-state index contributed by atoms with van der Waals surface area (Å²) >= 11 is 0. The van der Waals surface area contributed by atoms with Crippen LogP contribution in [0.2, 0.25) is 0 Å². The van der Waals surface area contributed by atoms with Crippen molar-refractivity contribution in [3.8, 4) is 0 Å². The summed E-state index contributed by atoms with van der Waals surface area (Å²) in [5, 5.41) is 0. The number of rotatable bonds is 4. The minimum atomic E-state index is -0.463. The predicted molar refractivity (Wildman–Crippen MR) is 87.4 cm³/mol. The maximum atomic E-state index is 13.6. The molecular weight excluding hydrogens is 293 g/mol. The van der Waals surface area contributed by atoms with E-state index in [9.17, 15) is 9.18 Å². The number of nitrogens with zero attached hydrogens (tertiary/aromatic N) is 1. The Labute approximate surface area is 134 Å². The average Bonchev–Trinajstić information content (AvgIpc) is 2.87. The number of carbonyl (C=O) groups is 1. The van der Waals surface area contributed by atoms with Gasteiger partial charge in [-0.15, -0.1) is 0 Å². The van der Waals surface area contributed by atoms with Crippen LogP contribution in [0.15, 0.2) is 59.2 Å². The van der Waals surface area contributed by atoms with Crippen LogP contribution in [0.5, 0.6) is 0 Å². The van der Waals surface area contributed by atoms with Crippen molar-refractivity contribution in [1.29, 1.82) is 0 Å². The van der Waals surface area contributed by atoms with Gasteiger partial charge in [0.1, 0.15) is 5.82 Å². The van der Waals surface area contributed by atoms with Crippen LogP contribution in [0, 0.1) is 12.7 Å². The van der Waals surface area contributed by atoms with E-state index in [2.05, 4.69) is 4.99 Å². The van der Waals surface area contributed by atoms with Crippen LogP contribution in [0.4, 0.5) is 4.39 Å². The third-order valence-corrected chi connectivity index (χ3v) is 3.58. The fourth-order valence-electron chi connectivity index (χ4n) is 2.42. The highest BCUT2D eigenvalue weighted by atomic mass is 19.1. The molecule has 1 heterocycles. The van der Waals surface area contributed by atoms with Crippen molar-refractivity contribution in [1.82, 2.24) is 0 Å². The van der Waals surface area contributed by atoms with E-state index in [1.165, 1.54) is 6.07 Å². The molecule has 2 aromatic rings. The molecule has 23 heavy (non-hydrogen) atoms. The van der Waals surface area contributed by atoms with E-state index in [1.54, 1.807) is 24.3 Å². The van der Waals surface area contributed by atoms with Gasteiger partial charge in [0.15, 0.2) is 11.6 Å². The van der Waals surface area contributed by atoms with Gasteiger partial charge in [-0.05, 0) is 36.6 Å². The molecule has 0 saturated heterocycles. The van der Waals surface area contributed by atoms with Gasteiger partial charge in [0.2, 0.25) is 0 Å². The van der Waals surface area contributed by atoms with Crippen molar-refractivity contribution in [3.63, 3.8) is 0 Å². The molecule has 1 aliphatic heterocycles. The maximum Gasteiger partial charge on any atom is 0.363 e. The minimum Gasteiger partial charge on any atom is -0.407 e. The summed E-state index contributed by atoms with van der Waals surface area (Å²) in [7, 11) is 0. The van der Waals surface area contributed by atoms with Crippen molar-refractivity contribution >= 4 is 17.9 Å². The van der Waals surface area contributed by atoms with Gasteiger partial charge in [0.05, 0.1) is 0 Å². The molecule has 0 unspecified atom stereocenters.